The number of piperazine rings is 1. The van der Waals surface area contributed by atoms with Crippen LogP contribution < -0.4 is 0 Å². The predicted molar refractivity (Wildman–Crippen MR) is 126 cm³/mol. The lowest BCUT2D eigenvalue weighted by atomic mass is 9.86. The Bertz CT molecular complexity index is 1280. The number of nitrogens with zero attached hydrogens (tertiary/aromatic N) is 3. The van der Waals surface area contributed by atoms with Gasteiger partial charge in [-0.1, -0.05) is 32.4 Å². The molecule has 0 unspecified atom stereocenters. The number of halogens is 2. The minimum Gasteiger partial charge on any atom is -0.449 e. The molecule has 0 radical (unpaired) electrons. The van der Waals surface area contributed by atoms with Crippen LogP contribution in [0.25, 0.3) is 22.4 Å². The molecule has 6 nitrogen and oxygen atoms in total. The van der Waals surface area contributed by atoms with Crippen LogP contribution in [0, 0.1) is 5.82 Å². The molecule has 1 fully saturated rings. The molecule has 4 rings (SSSR count). The van der Waals surface area contributed by atoms with E-state index < -0.39 is 11.4 Å². The van der Waals surface area contributed by atoms with Crippen molar-refractivity contribution in [1.29, 1.82) is 0 Å². The van der Waals surface area contributed by atoms with Gasteiger partial charge in [-0.05, 0) is 43.5 Å². The first-order chi connectivity index (χ1) is 15.3. The van der Waals surface area contributed by atoms with Crippen LogP contribution in [0.5, 0.6) is 0 Å². The molecule has 1 aliphatic heterocycles. The number of hydrogen-bond acceptors (Lipinski definition) is 4. The zero-order valence-electron chi connectivity index (χ0n) is 19.6. The van der Waals surface area contributed by atoms with Crippen molar-refractivity contribution in [3.8, 4) is 11.3 Å². The predicted octanol–water partition coefficient (Wildman–Crippen LogP) is 5.28. The lowest BCUT2D eigenvalue weighted by molar-refractivity contribution is -0.144. The van der Waals surface area contributed by atoms with Gasteiger partial charge in [0.15, 0.2) is 11.3 Å². The molecule has 8 heteroatoms. The third kappa shape index (κ3) is 3.99. The van der Waals surface area contributed by atoms with Crippen LogP contribution in [0.4, 0.5) is 4.39 Å². The SMILES string of the molecule is CN1CCN(C(=O)c2cc3nc(-c4ccc(F)c(Cl)c4)cc(C(C)(C)C)c3o2)C(C)(C)C1=O. The highest BCUT2D eigenvalue weighted by Gasteiger charge is 2.44. The maximum absolute atomic E-state index is 13.7. The summed E-state index contributed by atoms with van der Waals surface area (Å²) >= 11 is 5.99. The van der Waals surface area contributed by atoms with Crippen LogP contribution in [0.2, 0.25) is 5.02 Å². The molecule has 33 heavy (non-hydrogen) atoms. The number of rotatable bonds is 2. The molecular weight excluding hydrogens is 445 g/mol. The summed E-state index contributed by atoms with van der Waals surface area (Å²) in [6.45, 7) is 10.4. The van der Waals surface area contributed by atoms with Crippen LogP contribution >= 0.6 is 11.6 Å². The number of likely N-dealkylation sites (N-methyl/N-ethyl adjacent to an activating group) is 1. The quantitative estimate of drug-likeness (QED) is 0.510. The molecule has 3 aromatic rings. The van der Waals surface area contributed by atoms with Crippen LogP contribution in [-0.4, -0.2) is 52.3 Å². The number of carbonyl (C=O) groups excluding carboxylic acids is 2. The molecular formula is C25H27ClFN3O3. The number of pyridine rings is 1. The monoisotopic (exact) mass is 471 g/mol. The Morgan fingerprint density at radius 1 is 1.18 bits per heavy atom. The maximum Gasteiger partial charge on any atom is 0.290 e. The van der Waals surface area contributed by atoms with Crippen molar-refractivity contribution >= 4 is 34.5 Å². The minimum absolute atomic E-state index is 0.0109. The van der Waals surface area contributed by atoms with E-state index in [0.29, 0.717) is 35.4 Å². The molecule has 174 valence electrons. The summed E-state index contributed by atoms with van der Waals surface area (Å²) in [5.74, 6) is -0.853. The van der Waals surface area contributed by atoms with Gasteiger partial charge in [0.05, 0.1) is 10.7 Å². The summed E-state index contributed by atoms with van der Waals surface area (Å²) in [6, 6.07) is 7.94. The van der Waals surface area contributed by atoms with E-state index in [1.165, 1.54) is 12.1 Å². The van der Waals surface area contributed by atoms with E-state index in [1.54, 1.807) is 42.8 Å². The number of furan rings is 1. The van der Waals surface area contributed by atoms with E-state index in [4.69, 9.17) is 16.0 Å². The van der Waals surface area contributed by atoms with Crippen molar-refractivity contribution in [3.05, 3.63) is 52.5 Å². The highest BCUT2D eigenvalue weighted by molar-refractivity contribution is 6.31. The van der Waals surface area contributed by atoms with Gasteiger partial charge in [-0.15, -0.1) is 0 Å². The first-order valence-corrected chi connectivity index (χ1v) is 11.2. The van der Waals surface area contributed by atoms with Gasteiger partial charge in [-0.2, -0.15) is 0 Å². The molecule has 2 amide bonds. The van der Waals surface area contributed by atoms with E-state index in [1.807, 2.05) is 26.8 Å². The second-order valence-electron chi connectivity index (χ2n) is 10.0. The Balaban J connectivity index is 1.83. The van der Waals surface area contributed by atoms with E-state index in [2.05, 4.69) is 4.98 Å². The second-order valence-corrected chi connectivity index (χ2v) is 10.4. The lowest BCUT2D eigenvalue weighted by Crippen LogP contribution is -2.63. The van der Waals surface area contributed by atoms with E-state index in [0.717, 1.165) is 5.56 Å². The van der Waals surface area contributed by atoms with E-state index in [9.17, 15) is 14.0 Å². The van der Waals surface area contributed by atoms with Crippen molar-refractivity contribution in [2.24, 2.45) is 0 Å². The van der Waals surface area contributed by atoms with Crippen molar-refractivity contribution < 1.29 is 18.4 Å². The van der Waals surface area contributed by atoms with Crippen molar-refractivity contribution in [2.45, 2.75) is 45.6 Å². The van der Waals surface area contributed by atoms with E-state index in [-0.39, 0.29) is 28.0 Å². The van der Waals surface area contributed by atoms with Gasteiger partial charge in [0, 0.05) is 37.3 Å². The zero-order chi connectivity index (χ0) is 24.3. The maximum atomic E-state index is 13.7. The number of carbonyl (C=O) groups is 2. The summed E-state index contributed by atoms with van der Waals surface area (Å²) in [6.07, 6.45) is 0. The Kier molecular flexibility index (Phi) is 5.52. The van der Waals surface area contributed by atoms with Gasteiger partial charge in [-0.25, -0.2) is 9.37 Å². The number of fused-ring (bicyclic) bond motifs is 1. The Hall–Kier alpha value is -2.93. The average molecular weight is 472 g/mol. The van der Waals surface area contributed by atoms with Crippen molar-refractivity contribution in [3.63, 3.8) is 0 Å². The van der Waals surface area contributed by atoms with Crippen molar-refractivity contribution in [2.75, 3.05) is 20.1 Å². The largest absolute Gasteiger partial charge is 0.449 e. The Morgan fingerprint density at radius 3 is 2.52 bits per heavy atom. The molecule has 0 saturated carbocycles. The molecule has 0 aliphatic carbocycles. The molecule has 0 bridgehead atoms. The standard InChI is InChI=1S/C25H27ClFN3O3/c1-24(2,3)15-12-18(14-7-8-17(27)16(26)11-14)28-19-13-20(33-21(15)19)22(31)30-10-9-29(6)23(32)25(30,4)5/h7-8,11-13H,9-10H2,1-6H3. The third-order valence-electron chi connectivity index (χ3n) is 6.16. The number of hydrogen-bond donors (Lipinski definition) is 0. The van der Waals surface area contributed by atoms with Crippen LogP contribution in [0.3, 0.4) is 0 Å². The van der Waals surface area contributed by atoms with Gasteiger partial charge in [0.2, 0.25) is 5.91 Å². The molecule has 0 N–H and O–H groups in total. The lowest BCUT2D eigenvalue weighted by Gasteiger charge is -2.44. The van der Waals surface area contributed by atoms with E-state index >= 15 is 0 Å². The first kappa shape index (κ1) is 23.2. The fraction of sp³-hybridized carbons (Fsp3) is 0.400. The molecule has 0 spiro atoms. The van der Waals surface area contributed by atoms with Crippen LogP contribution in [0.15, 0.2) is 34.7 Å². The normalized spacial score (nSPS) is 16.5. The van der Waals surface area contributed by atoms with Gasteiger partial charge in [-0.3, -0.25) is 9.59 Å². The van der Waals surface area contributed by atoms with Crippen LogP contribution in [-0.2, 0) is 10.2 Å². The number of amides is 2. The molecule has 1 saturated heterocycles. The number of benzene rings is 1. The smallest absolute Gasteiger partial charge is 0.290 e. The van der Waals surface area contributed by atoms with Gasteiger partial charge in [0.25, 0.3) is 5.91 Å². The molecule has 3 heterocycles. The van der Waals surface area contributed by atoms with Gasteiger partial charge < -0.3 is 14.2 Å². The second kappa shape index (κ2) is 7.83. The summed E-state index contributed by atoms with van der Waals surface area (Å²) in [7, 11) is 1.73. The third-order valence-corrected chi connectivity index (χ3v) is 6.45. The van der Waals surface area contributed by atoms with Crippen molar-refractivity contribution in [1.82, 2.24) is 14.8 Å². The Morgan fingerprint density at radius 2 is 1.88 bits per heavy atom. The fourth-order valence-electron chi connectivity index (χ4n) is 4.19. The highest BCUT2D eigenvalue weighted by Crippen LogP contribution is 2.36. The highest BCUT2D eigenvalue weighted by atomic mass is 35.5. The summed E-state index contributed by atoms with van der Waals surface area (Å²) in [5.41, 5.74) is 1.84. The number of aromatic nitrogens is 1. The average Bonchev–Trinajstić information content (AvgIpc) is 3.16. The molecule has 2 aromatic heterocycles. The van der Waals surface area contributed by atoms with Gasteiger partial charge >= 0.3 is 0 Å². The zero-order valence-corrected chi connectivity index (χ0v) is 20.4. The fourth-order valence-corrected chi connectivity index (χ4v) is 4.37. The van der Waals surface area contributed by atoms with Crippen LogP contribution in [0.1, 0.15) is 50.7 Å². The minimum atomic E-state index is -0.987. The summed E-state index contributed by atoms with van der Waals surface area (Å²) < 4.78 is 19.7. The Labute approximate surface area is 197 Å². The molecule has 1 aromatic carbocycles. The first-order valence-electron chi connectivity index (χ1n) is 10.8. The summed E-state index contributed by atoms with van der Waals surface area (Å²) in [5, 5.41) is 0.0109. The van der Waals surface area contributed by atoms with Gasteiger partial charge in [0.1, 0.15) is 16.9 Å². The molecule has 0 atom stereocenters. The molecule has 1 aliphatic rings. The topological polar surface area (TPSA) is 66.7 Å². The summed E-state index contributed by atoms with van der Waals surface area (Å²) in [4.78, 5) is 33.9.